The minimum absolute atomic E-state index is 0.0629. The van der Waals surface area contributed by atoms with Crippen molar-refractivity contribution in [2.45, 2.75) is 262 Å². The van der Waals surface area contributed by atoms with Gasteiger partial charge in [-0.2, -0.15) is 0 Å². The van der Waals surface area contributed by atoms with Crippen LogP contribution >= 0.6 is 0 Å². The Kier molecular flexibility index (Phi) is 20.8. The second-order valence-corrected chi connectivity index (χ2v) is 23.9. The van der Waals surface area contributed by atoms with Crippen molar-refractivity contribution in [1.29, 1.82) is 0 Å². The number of phenols is 2. The van der Waals surface area contributed by atoms with Crippen LogP contribution in [0.25, 0.3) is 10.8 Å². The summed E-state index contributed by atoms with van der Waals surface area (Å²) in [4.78, 5) is 54.0. The molecular formula is C58H84O26. The highest BCUT2D eigenvalue weighted by atomic mass is 16.7. The summed E-state index contributed by atoms with van der Waals surface area (Å²) in [5, 5.41) is 100. The first-order chi connectivity index (χ1) is 39.4. The normalized spacial score (nSPS) is 39.5. The van der Waals surface area contributed by atoms with Gasteiger partial charge in [0.25, 0.3) is 0 Å². The summed E-state index contributed by atoms with van der Waals surface area (Å²) in [6, 6.07) is 3.01. The maximum Gasteiger partial charge on any atom is 0.308 e. The highest BCUT2D eigenvalue weighted by Crippen LogP contribution is 2.48. The van der Waals surface area contributed by atoms with Gasteiger partial charge in [0.15, 0.2) is 42.8 Å². The summed E-state index contributed by atoms with van der Waals surface area (Å²) in [6.45, 7) is 16.8. The van der Waals surface area contributed by atoms with Crippen molar-refractivity contribution in [3.05, 3.63) is 28.8 Å². The summed E-state index contributed by atoms with van der Waals surface area (Å²) in [7, 11) is 1.17. The van der Waals surface area contributed by atoms with E-state index < -0.39 is 194 Å². The van der Waals surface area contributed by atoms with Crippen LogP contribution in [0.1, 0.15) is 123 Å². The first-order valence-electron chi connectivity index (χ1n) is 28.7. The zero-order valence-electron chi connectivity index (χ0n) is 49.3. The molecule has 20 unspecified atom stereocenters. The Hall–Kier alpha value is -4.30. The highest BCUT2D eigenvalue weighted by molar-refractivity contribution is 6.11. The van der Waals surface area contributed by atoms with Gasteiger partial charge in [0.2, 0.25) is 6.29 Å². The molecule has 0 radical (unpaired) electrons. The molecule has 5 aliphatic heterocycles. The molecule has 6 aliphatic rings. The van der Waals surface area contributed by atoms with Crippen LogP contribution in [0.3, 0.4) is 0 Å². The number of benzene rings is 2. The van der Waals surface area contributed by atoms with E-state index in [2.05, 4.69) is 0 Å². The number of hydrogen-bond donors (Lipinski definition) is 9. The largest absolute Gasteiger partial charge is 0.507 e. The number of fused-ring (bicyclic) bond motifs is 2. The second-order valence-electron chi connectivity index (χ2n) is 23.9. The van der Waals surface area contributed by atoms with Crippen molar-refractivity contribution in [3.63, 3.8) is 0 Å². The lowest BCUT2D eigenvalue weighted by Gasteiger charge is -2.47. The van der Waals surface area contributed by atoms with Gasteiger partial charge in [-0.05, 0) is 84.9 Å². The van der Waals surface area contributed by atoms with E-state index in [1.165, 1.54) is 53.9 Å². The number of carbonyl (C=O) groups is 4. The number of ether oxygens (including phenoxy) is 13. The molecule has 2 aromatic carbocycles. The van der Waals surface area contributed by atoms with Crippen molar-refractivity contribution in [2.75, 3.05) is 7.11 Å². The molecule has 5 saturated heterocycles. The smallest absolute Gasteiger partial charge is 0.308 e. The van der Waals surface area contributed by atoms with E-state index in [1.807, 2.05) is 0 Å². The Bertz CT molecular complexity index is 2650. The van der Waals surface area contributed by atoms with Gasteiger partial charge >= 0.3 is 11.9 Å². The lowest BCUT2D eigenvalue weighted by atomic mass is 9.75. The maximum atomic E-state index is 15.1. The number of esters is 2. The Labute approximate surface area is 486 Å². The van der Waals surface area contributed by atoms with Crippen LogP contribution in [0.5, 0.6) is 17.2 Å². The number of rotatable bonds is 18. The minimum Gasteiger partial charge on any atom is -0.507 e. The fraction of sp³-hybridized carbons (Fsp3) is 0.759. The average Bonchev–Trinajstić information content (AvgIpc) is 0.973. The number of methoxy groups -OCH3 is 1. The third-order valence-corrected chi connectivity index (χ3v) is 16.8. The van der Waals surface area contributed by atoms with Crippen LogP contribution in [-0.2, 0) is 77.6 Å². The molecule has 1 aliphatic carbocycles. The number of aliphatic hydroxyl groups excluding tert-OH is 6. The van der Waals surface area contributed by atoms with E-state index >= 15 is 4.79 Å². The van der Waals surface area contributed by atoms with Gasteiger partial charge in [0.1, 0.15) is 71.7 Å². The van der Waals surface area contributed by atoms with E-state index in [0.29, 0.717) is 0 Å². The summed E-state index contributed by atoms with van der Waals surface area (Å²) in [6.07, 6.45) is -27.3. The van der Waals surface area contributed by atoms with Crippen LogP contribution in [0.15, 0.2) is 12.1 Å². The molecule has 0 amide bonds. The van der Waals surface area contributed by atoms with Gasteiger partial charge in [-0.25, -0.2) is 0 Å². The maximum absolute atomic E-state index is 15.1. The Morgan fingerprint density at radius 1 is 0.690 bits per heavy atom. The van der Waals surface area contributed by atoms with Crippen molar-refractivity contribution in [1.82, 2.24) is 0 Å². The van der Waals surface area contributed by atoms with Gasteiger partial charge < -0.3 is 108 Å². The van der Waals surface area contributed by atoms with Crippen molar-refractivity contribution >= 4 is 34.3 Å². The van der Waals surface area contributed by atoms with E-state index in [9.17, 15) is 60.3 Å². The molecule has 0 saturated carbocycles. The van der Waals surface area contributed by atoms with Gasteiger partial charge in [-0.1, -0.05) is 13.8 Å². The zero-order valence-corrected chi connectivity index (χ0v) is 49.3. The van der Waals surface area contributed by atoms with E-state index in [-0.39, 0.29) is 71.7 Å². The molecule has 0 spiro atoms. The standard InChI is InChI=1S/C58H84O26/c1-21(2)57(70)84-56-28(9)77-42(20-58(56,11)71)81-36-17-39(74-25(6)49(36)66)80-35-18-41(75-26(7)48(35)65)83-55-32(54(72-12)52(69)46(63)23(4)59)14-30-13-31-15-34(22(3)45(62)43(31)50(67)44(30)51(55)68)79-40-19-37(78-29(10)60)53(27(8)76-40)82-38-16-33(61)47(64)24(5)73-38/h13,15,21,23-28,32-33,35-42,46-49,53-56,59,61-67,71H,14,16-20H2,1-12H3/t23-,24?,25?,26?,27?,28?,32+,33?,35?,36?,37?,38?,39?,40?,41?,42?,46+,47?,48?,49?,53?,54+,55+,56?,58?/m1/s1. The van der Waals surface area contributed by atoms with E-state index in [4.69, 9.17) is 61.6 Å². The molecule has 84 heavy (non-hydrogen) atoms. The third kappa shape index (κ3) is 14.0. The monoisotopic (exact) mass is 1200 g/mol. The number of Topliss-reactive ketones (excluding diaryl/α,β-unsaturated/α-hetero) is 2. The van der Waals surface area contributed by atoms with Crippen LogP contribution in [0.2, 0.25) is 0 Å². The summed E-state index contributed by atoms with van der Waals surface area (Å²) >= 11 is 0. The quantitative estimate of drug-likeness (QED) is 0.0956. The first kappa shape index (κ1) is 65.7. The number of aromatic hydroxyl groups is 2. The summed E-state index contributed by atoms with van der Waals surface area (Å²) in [5.41, 5.74) is -1.56. The van der Waals surface area contributed by atoms with Gasteiger partial charge in [-0.15, -0.1) is 0 Å². The molecule has 2 aromatic rings. The molecule has 472 valence electrons. The summed E-state index contributed by atoms with van der Waals surface area (Å²) in [5.74, 6) is -5.78. The fourth-order valence-corrected chi connectivity index (χ4v) is 12.2. The fourth-order valence-electron chi connectivity index (χ4n) is 12.2. The molecule has 9 N–H and O–H groups in total. The predicted molar refractivity (Wildman–Crippen MR) is 287 cm³/mol. The number of aliphatic hydroxyl groups is 7. The predicted octanol–water partition coefficient (Wildman–Crippen LogP) is 1.53. The number of hydrogen-bond acceptors (Lipinski definition) is 26. The molecule has 8 rings (SSSR count). The van der Waals surface area contributed by atoms with Gasteiger partial charge in [0, 0.05) is 57.6 Å². The second kappa shape index (κ2) is 26.6. The lowest BCUT2D eigenvalue weighted by molar-refractivity contribution is -0.334. The number of carbonyl (C=O) groups excluding carboxylic acids is 4. The number of phenolic OH excluding ortho intramolecular Hbond substituents is 2. The zero-order chi connectivity index (χ0) is 61.7. The molecule has 26 nitrogen and oxygen atoms in total. The van der Waals surface area contributed by atoms with Crippen molar-refractivity contribution < 1.29 is 127 Å². The molecule has 26 heteroatoms. The summed E-state index contributed by atoms with van der Waals surface area (Å²) < 4.78 is 78.8. The van der Waals surface area contributed by atoms with E-state index in [0.717, 1.165) is 0 Å². The number of ketones is 2. The van der Waals surface area contributed by atoms with Crippen LogP contribution in [0, 0.1) is 18.8 Å². The van der Waals surface area contributed by atoms with Gasteiger partial charge in [0.05, 0.1) is 71.8 Å². The SMILES string of the molecule is CO[C@H](C(=O)[C@@H](O)[C@@H](C)O)[C@@H]1Cc2cc3cc(OC4CC(OC(C)=O)C(OC5CC(O)C(O)C(C)O5)C(C)O4)c(C)c(O)c3c(O)c2C(=O)[C@H]1OC1CC(OC2CC(OC3CC(C)(O)C(OC(=O)C(C)C)C(C)O3)C(O)C(C)O2)C(O)C(C)O1. The Morgan fingerprint density at radius 3 is 1.80 bits per heavy atom. The first-order valence-corrected chi connectivity index (χ1v) is 28.7. The van der Waals surface area contributed by atoms with Crippen LogP contribution < -0.4 is 4.74 Å². The molecule has 25 atom stereocenters. The molecule has 5 heterocycles. The highest BCUT2D eigenvalue weighted by Gasteiger charge is 2.53. The topological polar surface area (TPSA) is 370 Å². The molecule has 0 aromatic heterocycles. The van der Waals surface area contributed by atoms with Crippen LogP contribution in [-0.4, -0.2) is 223 Å². The Morgan fingerprint density at radius 2 is 1.24 bits per heavy atom. The molecular weight excluding hydrogens is 1110 g/mol. The van der Waals surface area contributed by atoms with E-state index in [1.54, 1.807) is 41.5 Å². The van der Waals surface area contributed by atoms with Crippen molar-refractivity contribution in [3.8, 4) is 17.2 Å². The third-order valence-electron chi connectivity index (χ3n) is 16.8. The molecule has 0 bridgehead atoms. The van der Waals surface area contributed by atoms with Crippen LogP contribution in [0.4, 0.5) is 0 Å². The Balaban J connectivity index is 1.02. The van der Waals surface area contributed by atoms with Crippen molar-refractivity contribution in [2.24, 2.45) is 11.8 Å². The molecule has 5 fully saturated rings. The minimum atomic E-state index is -1.97. The average molecular weight is 1200 g/mol. The lowest BCUT2D eigenvalue weighted by Crippen LogP contribution is -2.59. The van der Waals surface area contributed by atoms with Gasteiger partial charge in [-0.3, -0.25) is 19.2 Å².